The number of benzene rings is 1. The molecule has 1 aliphatic heterocycles. The Morgan fingerprint density at radius 3 is 2.71 bits per heavy atom. The maximum atomic E-state index is 12.8. The summed E-state index contributed by atoms with van der Waals surface area (Å²) in [7, 11) is 0. The predicted molar refractivity (Wildman–Crippen MR) is 105 cm³/mol. The fourth-order valence-corrected chi connectivity index (χ4v) is 3.06. The maximum Gasteiger partial charge on any atom is 0.249 e. The first kappa shape index (κ1) is 17.8. The third-order valence-corrected chi connectivity index (χ3v) is 4.62. The lowest BCUT2D eigenvalue weighted by molar-refractivity contribution is -0.125. The van der Waals surface area contributed by atoms with E-state index in [1.54, 1.807) is 18.5 Å². The van der Waals surface area contributed by atoms with Crippen molar-refractivity contribution in [2.45, 2.75) is 32.2 Å². The van der Waals surface area contributed by atoms with Gasteiger partial charge in [-0.25, -0.2) is 4.68 Å². The minimum atomic E-state index is -0.772. The number of fused-ring (bicyclic) bond motifs is 1. The van der Waals surface area contributed by atoms with Crippen LogP contribution in [0.15, 0.2) is 48.8 Å². The van der Waals surface area contributed by atoms with Crippen molar-refractivity contribution in [1.29, 1.82) is 0 Å². The Hall–Kier alpha value is -3.55. The van der Waals surface area contributed by atoms with E-state index in [2.05, 4.69) is 39.5 Å². The zero-order valence-electron chi connectivity index (χ0n) is 15.6. The summed E-state index contributed by atoms with van der Waals surface area (Å²) in [6.07, 6.45) is 3.29. The number of hydrogen-bond acceptors (Lipinski definition) is 5. The zero-order valence-corrected chi connectivity index (χ0v) is 15.6. The van der Waals surface area contributed by atoms with Gasteiger partial charge < -0.3 is 5.32 Å². The van der Waals surface area contributed by atoms with Gasteiger partial charge in [-0.1, -0.05) is 26.0 Å². The smallest absolute Gasteiger partial charge is 0.249 e. The molecule has 0 saturated carbocycles. The molecule has 1 aromatic carbocycles. The van der Waals surface area contributed by atoms with Crippen LogP contribution in [-0.4, -0.2) is 31.6 Å². The van der Waals surface area contributed by atoms with E-state index in [0.717, 1.165) is 0 Å². The first-order valence-corrected chi connectivity index (χ1v) is 9.09. The molecule has 8 nitrogen and oxygen atoms in total. The van der Waals surface area contributed by atoms with Crippen molar-refractivity contribution < 1.29 is 9.59 Å². The van der Waals surface area contributed by atoms with Crippen LogP contribution in [0.2, 0.25) is 0 Å². The molecule has 0 fully saturated rings. The molecule has 0 unspecified atom stereocenters. The van der Waals surface area contributed by atoms with E-state index in [1.807, 2.05) is 30.3 Å². The monoisotopic (exact) mass is 376 g/mol. The van der Waals surface area contributed by atoms with Crippen LogP contribution in [0.5, 0.6) is 0 Å². The maximum absolute atomic E-state index is 12.8. The molecule has 0 radical (unpaired) electrons. The van der Waals surface area contributed by atoms with E-state index in [1.165, 1.54) is 10.2 Å². The van der Waals surface area contributed by atoms with Crippen LogP contribution in [0.1, 0.15) is 37.8 Å². The molecule has 0 saturated heterocycles. The molecule has 2 N–H and O–H groups in total. The molecular formula is C20H20N6O2. The highest BCUT2D eigenvalue weighted by Crippen LogP contribution is 2.27. The van der Waals surface area contributed by atoms with Crippen LogP contribution in [-0.2, 0) is 9.59 Å². The Balaban J connectivity index is 1.59. The van der Waals surface area contributed by atoms with Gasteiger partial charge in [-0.3, -0.25) is 19.9 Å². The lowest BCUT2D eigenvalue weighted by Gasteiger charge is -2.22. The summed E-state index contributed by atoms with van der Waals surface area (Å²) in [5, 5.41) is 9.96. The summed E-state index contributed by atoms with van der Waals surface area (Å²) >= 11 is 0. The van der Waals surface area contributed by atoms with Gasteiger partial charge in [0.15, 0.2) is 5.82 Å². The minimum Gasteiger partial charge on any atom is -0.324 e. The third-order valence-electron chi connectivity index (χ3n) is 4.62. The second-order valence-electron chi connectivity index (χ2n) is 6.98. The van der Waals surface area contributed by atoms with E-state index in [-0.39, 0.29) is 24.2 Å². The van der Waals surface area contributed by atoms with Gasteiger partial charge in [-0.2, -0.15) is 4.98 Å². The van der Waals surface area contributed by atoms with Crippen molar-refractivity contribution in [1.82, 2.24) is 19.7 Å². The van der Waals surface area contributed by atoms with Gasteiger partial charge in [0.05, 0.1) is 6.42 Å². The molecule has 0 bridgehead atoms. The Labute approximate surface area is 162 Å². The van der Waals surface area contributed by atoms with Crippen LogP contribution >= 0.6 is 0 Å². The molecule has 3 heterocycles. The largest absolute Gasteiger partial charge is 0.324 e. The van der Waals surface area contributed by atoms with Gasteiger partial charge in [0.1, 0.15) is 6.04 Å². The summed E-state index contributed by atoms with van der Waals surface area (Å²) in [6, 6.07) is 10.5. The first-order valence-electron chi connectivity index (χ1n) is 9.09. The summed E-state index contributed by atoms with van der Waals surface area (Å²) in [4.78, 5) is 33.3. The quantitative estimate of drug-likeness (QED) is 0.729. The molecule has 1 aliphatic rings. The second-order valence-corrected chi connectivity index (χ2v) is 6.98. The molecule has 2 aromatic heterocycles. The lowest BCUT2D eigenvalue weighted by Crippen LogP contribution is -2.36. The van der Waals surface area contributed by atoms with Crippen molar-refractivity contribution >= 4 is 23.5 Å². The van der Waals surface area contributed by atoms with Crippen LogP contribution < -0.4 is 10.6 Å². The molecule has 0 spiro atoms. The van der Waals surface area contributed by atoms with Crippen LogP contribution in [0.25, 0.3) is 11.4 Å². The number of aromatic nitrogens is 4. The fraction of sp³-hybridized carbons (Fsp3) is 0.250. The van der Waals surface area contributed by atoms with Crippen LogP contribution in [0, 0.1) is 0 Å². The molecule has 1 atom stereocenters. The molecule has 2 amide bonds. The molecule has 0 aliphatic carbocycles. The topological polar surface area (TPSA) is 102 Å². The van der Waals surface area contributed by atoms with Gasteiger partial charge >= 0.3 is 0 Å². The van der Waals surface area contributed by atoms with Crippen LogP contribution in [0.4, 0.5) is 11.6 Å². The van der Waals surface area contributed by atoms with E-state index in [9.17, 15) is 9.59 Å². The number of nitrogens with zero attached hydrogens (tertiary/aromatic N) is 4. The molecule has 4 rings (SSSR count). The normalized spacial score (nSPS) is 15.8. The first-order chi connectivity index (χ1) is 13.5. The Bertz CT molecular complexity index is 1010. The number of amides is 2. The van der Waals surface area contributed by atoms with Crippen molar-refractivity contribution in [2.24, 2.45) is 0 Å². The minimum absolute atomic E-state index is 0.00124. The highest BCUT2D eigenvalue weighted by Gasteiger charge is 2.33. The fourth-order valence-electron chi connectivity index (χ4n) is 3.06. The second kappa shape index (κ2) is 7.22. The van der Waals surface area contributed by atoms with Gasteiger partial charge in [-0.15, -0.1) is 5.10 Å². The number of rotatable bonds is 4. The van der Waals surface area contributed by atoms with Gasteiger partial charge in [-0.05, 0) is 35.7 Å². The summed E-state index contributed by atoms with van der Waals surface area (Å²) < 4.78 is 1.46. The van der Waals surface area contributed by atoms with Crippen molar-refractivity contribution in [3.05, 3.63) is 54.4 Å². The van der Waals surface area contributed by atoms with Gasteiger partial charge in [0, 0.05) is 23.6 Å². The average Bonchev–Trinajstić information content (AvgIpc) is 3.12. The summed E-state index contributed by atoms with van der Waals surface area (Å²) in [5.41, 5.74) is 2.58. The Morgan fingerprint density at radius 2 is 2.04 bits per heavy atom. The van der Waals surface area contributed by atoms with Gasteiger partial charge in [0.2, 0.25) is 17.8 Å². The van der Waals surface area contributed by atoms with E-state index >= 15 is 0 Å². The van der Waals surface area contributed by atoms with E-state index in [4.69, 9.17) is 0 Å². The molecule has 28 heavy (non-hydrogen) atoms. The van der Waals surface area contributed by atoms with Crippen molar-refractivity contribution in [2.75, 3.05) is 10.6 Å². The molecule has 8 heteroatoms. The van der Waals surface area contributed by atoms with Crippen molar-refractivity contribution in [3.63, 3.8) is 0 Å². The number of nitrogens with one attached hydrogen (secondary N) is 2. The number of anilines is 2. The highest BCUT2D eigenvalue weighted by molar-refractivity contribution is 6.00. The molecular weight excluding hydrogens is 356 g/mol. The lowest BCUT2D eigenvalue weighted by atomic mass is 10.0. The SMILES string of the molecule is CC(C)c1ccc(NC(=O)[C@@H]2CC(=O)Nc3nc(-c4cccnc4)nn32)cc1. The summed E-state index contributed by atoms with van der Waals surface area (Å²) in [6.45, 7) is 4.22. The number of pyridine rings is 1. The average molecular weight is 376 g/mol. The zero-order chi connectivity index (χ0) is 19.7. The Kier molecular flexibility index (Phi) is 4.60. The number of carbonyl (C=O) groups is 2. The van der Waals surface area contributed by atoms with Gasteiger partial charge in [0.25, 0.3) is 0 Å². The summed E-state index contributed by atoms with van der Waals surface area (Å²) in [5.74, 6) is 0.495. The molecule has 142 valence electrons. The number of carbonyl (C=O) groups excluding carboxylic acids is 2. The van der Waals surface area contributed by atoms with Crippen LogP contribution in [0.3, 0.4) is 0 Å². The highest BCUT2D eigenvalue weighted by atomic mass is 16.2. The Morgan fingerprint density at radius 1 is 1.25 bits per heavy atom. The van der Waals surface area contributed by atoms with E-state index in [0.29, 0.717) is 23.0 Å². The van der Waals surface area contributed by atoms with E-state index < -0.39 is 6.04 Å². The van der Waals surface area contributed by atoms with Crippen molar-refractivity contribution in [3.8, 4) is 11.4 Å². The third kappa shape index (κ3) is 3.48. The number of hydrogen-bond donors (Lipinski definition) is 2. The standard InChI is InChI=1S/C20H20N6O2/c1-12(2)13-5-7-15(8-6-13)22-19(28)16-10-17(27)23-20-24-18(25-26(16)20)14-4-3-9-21-11-14/h3-9,11-12,16H,10H2,1-2H3,(H,22,28)(H,23,24,25,27)/t16-/m0/s1. The molecule has 3 aromatic rings. The predicted octanol–water partition coefficient (Wildman–Crippen LogP) is 2.99.